The van der Waals surface area contributed by atoms with Gasteiger partial charge in [-0.3, -0.25) is 0 Å². The first kappa shape index (κ1) is 13.5. The minimum absolute atomic E-state index is 0.189. The van der Waals surface area contributed by atoms with Crippen molar-refractivity contribution < 1.29 is 4.57 Å². The monoisotopic (exact) mass is 290 g/mol. The third kappa shape index (κ3) is 3.50. The van der Waals surface area contributed by atoms with Crippen molar-refractivity contribution in [2.75, 3.05) is 0 Å². The average molecular weight is 291 g/mol. The molecule has 1 aliphatic rings. The van der Waals surface area contributed by atoms with E-state index in [4.69, 9.17) is 22.8 Å². The SMILES string of the molecule is O=[P@@](Cl)(Cc1ccccc1Cl)C1CCCCC1. The van der Waals surface area contributed by atoms with Gasteiger partial charge >= 0.3 is 0 Å². The zero-order valence-corrected chi connectivity index (χ0v) is 12.1. The molecule has 0 amide bonds. The summed E-state index contributed by atoms with van der Waals surface area (Å²) in [5, 5.41) is 0.671. The molecule has 1 nitrogen and oxygen atoms in total. The number of halogens is 2. The topological polar surface area (TPSA) is 17.1 Å². The zero-order chi connectivity index (χ0) is 12.3. The largest absolute Gasteiger partial charge is 0.306 e. The van der Waals surface area contributed by atoms with Gasteiger partial charge in [-0.25, -0.2) is 0 Å². The molecule has 94 valence electrons. The highest BCUT2D eigenvalue weighted by molar-refractivity contribution is 7.89. The fourth-order valence-corrected chi connectivity index (χ4v) is 5.86. The lowest BCUT2D eigenvalue weighted by Gasteiger charge is -2.26. The minimum Gasteiger partial charge on any atom is -0.306 e. The lowest BCUT2D eigenvalue weighted by atomic mass is 10.0. The predicted octanol–water partition coefficient (Wildman–Crippen LogP) is 5.69. The van der Waals surface area contributed by atoms with Crippen molar-refractivity contribution in [1.29, 1.82) is 0 Å². The molecule has 1 fully saturated rings. The van der Waals surface area contributed by atoms with Crippen LogP contribution in [-0.4, -0.2) is 5.66 Å². The maximum Gasteiger partial charge on any atom is 0.176 e. The molecule has 17 heavy (non-hydrogen) atoms. The van der Waals surface area contributed by atoms with Gasteiger partial charge in [-0.2, -0.15) is 0 Å². The molecule has 0 radical (unpaired) electrons. The van der Waals surface area contributed by atoms with Crippen LogP contribution in [-0.2, 0) is 10.7 Å². The molecule has 1 aromatic rings. The molecule has 0 bridgehead atoms. The van der Waals surface area contributed by atoms with Gasteiger partial charge in [0.05, 0.1) is 0 Å². The Kier molecular flexibility index (Phi) is 4.58. The van der Waals surface area contributed by atoms with Crippen LogP contribution in [0.15, 0.2) is 24.3 Å². The lowest BCUT2D eigenvalue weighted by Crippen LogP contribution is -2.11. The second-order valence-electron chi connectivity index (χ2n) is 4.74. The van der Waals surface area contributed by atoms with Crippen LogP contribution < -0.4 is 0 Å². The molecule has 0 heterocycles. The maximum absolute atomic E-state index is 12.6. The summed E-state index contributed by atoms with van der Waals surface area (Å²) >= 11 is 12.4. The van der Waals surface area contributed by atoms with Crippen molar-refractivity contribution in [3.8, 4) is 0 Å². The molecule has 4 heteroatoms. The quantitative estimate of drug-likeness (QED) is 0.654. The number of rotatable bonds is 3. The van der Waals surface area contributed by atoms with Crippen molar-refractivity contribution in [3.05, 3.63) is 34.9 Å². The molecule has 0 aliphatic heterocycles. The first-order valence-electron chi connectivity index (χ1n) is 6.11. The Balaban J connectivity index is 2.11. The van der Waals surface area contributed by atoms with E-state index in [1.165, 1.54) is 6.42 Å². The molecule has 1 saturated carbocycles. The fraction of sp³-hybridized carbons (Fsp3) is 0.538. The van der Waals surface area contributed by atoms with Crippen molar-refractivity contribution in [1.82, 2.24) is 0 Å². The Bertz CT molecular complexity index is 427. The molecule has 1 aromatic carbocycles. The van der Waals surface area contributed by atoms with E-state index in [-0.39, 0.29) is 5.66 Å². The molecule has 1 aliphatic carbocycles. The lowest BCUT2D eigenvalue weighted by molar-refractivity contribution is 0.488. The van der Waals surface area contributed by atoms with Crippen LogP contribution in [0.25, 0.3) is 0 Å². The van der Waals surface area contributed by atoms with E-state index < -0.39 is 6.49 Å². The molecular formula is C13H17Cl2OP. The normalized spacial score (nSPS) is 21.1. The van der Waals surface area contributed by atoms with Gasteiger partial charge < -0.3 is 4.57 Å². The van der Waals surface area contributed by atoms with Crippen LogP contribution in [0, 0.1) is 0 Å². The van der Waals surface area contributed by atoms with Crippen LogP contribution in [0.1, 0.15) is 37.7 Å². The van der Waals surface area contributed by atoms with Gasteiger partial charge in [0.2, 0.25) is 0 Å². The Labute approximate surface area is 113 Å². The summed E-state index contributed by atoms with van der Waals surface area (Å²) in [5.74, 6) is 0. The summed E-state index contributed by atoms with van der Waals surface area (Å²) < 4.78 is 12.6. The van der Waals surface area contributed by atoms with Gasteiger partial charge in [0.15, 0.2) is 6.49 Å². The molecule has 1 atom stereocenters. The van der Waals surface area contributed by atoms with E-state index in [1.807, 2.05) is 24.3 Å². The van der Waals surface area contributed by atoms with E-state index >= 15 is 0 Å². The van der Waals surface area contributed by atoms with Gasteiger partial charge in [0, 0.05) is 16.8 Å². The third-order valence-corrected chi connectivity index (χ3v) is 7.40. The third-order valence-electron chi connectivity index (χ3n) is 3.46. The molecule has 0 saturated heterocycles. The van der Waals surface area contributed by atoms with Crippen molar-refractivity contribution >= 4 is 29.3 Å². The predicted molar refractivity (Wildman–Crippen MR) is 75.5 cm³/mol. The Morgan fingerprint density at radius 2 is 1.82 bits per heavy atom. The van der Waals surface area contributed by atoms with Crippen LogP contribution >= 0.6 is 29.3 Å². The highest BCUT2D eigenvalue weighted by Gasteiger charge is 2.32. The summed E-state index contributed by atoms with van der Waals surface area (Å²) in [5.41, 5.74) is 1.10. The first-order valence-corrected chi connectivity index (χ1v) is 9.36. The summed E-state index contributed by atoms with van der Waals surface area (Å²) in [6.07, 6.45) is 6.00. The number of benzene rings is 1. The van der Waals surface area contributed by atoms with Gasteiger partial charge in [0.1, 0.15) is 0 Å². The van der Waals surface area contributed by atoms with E-state index in [0.717, 1.165) is 31.2 Å². The molecule has 0 N–H and O–H groups in total. The average Bonchev–Trinajstić information content (AvgIpc) is 2.33. The second kappa shape index (κ2) is 5.78. The molecule has 2 rings (SSSR count). The smallest absolute Gasteiger partial charge is 0.176 e. The molecule has 0 unspecified atom stereocenters. The fourth-order valence-electron chi connectivity index (χ4n) is 2.45. The Morgan fingerprint density at radius 1 is 1.18 bits per heavy atom. The van der Waals surface area contributed by atoms with Crippen molar-refractivity contribution in [2.45, 2.75) is 43.9 Å². The van der Waals surface area contributed by atoms with Crippen LogP contribution in [0.3, 0.4) is 0 Å². The second-order valence-corrected chi connectivity index (χ2v) is 9.32. The van der Waals surface area contributed by atoms with E-state index in [0.29, 0.717) is 11.2 Å². The van der Waals surface area contributed by atoms with E-state index in [9.17, 15) is 4.57 Å². The van der Waals surface area contributed by atoms with Crippen molar-refractivity contribution in [3.63, 3.8) is 0 Å². The number of hydrogen-bond acceptors (Lipinski definition) is 1. The van der Waals surface area contributed by atoms with Gasteiger partial charge in [-0.15, -0.1) is 0 Å². The Hall–Kier alpha value is 0.0300. The van der Waals surface area contributed by atoms with E-state index in [2.05, 4.69) is 0 Å². The molecule has 0 spiro atoms. The first-order chi connectivity index (χ1) is 8.09. The highest BCUT2D eigenvalue weighted by atomic mass is 35.7. The van der Waals surface area contributed by atoms with Gasteiger partial charge in [0.25, 0.3) is 0 Å². The molecular weight excluding hydrogens is 274 g/mol. The number of hydrogen-bond donors (Lipinski definition) is 0. The zero-order valence-electron chi connectivity index (χ0n) is 9.74. The van der Waals surface area contributed by atoms with Crippen molar-refractivity contribution in [2.24, 2.45) is 0 Å². The van der Waals surface area contributed by atoms with Gasteiger partial charge in [-0.1, -0.05) is 60.3 Å². The van der Waals surface area contributed by atoms with Gasteiger partial charge in [-0.05, 0) is 24.5 Å². The summed E-state index contributed by atoms with van der Waals surface area (Å²) in [7, 11) is 0. The summed E-state index contributed by atoms with van der Waals surface area (Å²) in [6, 6.07) is 7.54. The van der Waals surface area contributed by atoms with Crippen LogP contribution in [0.5, 0.6) is 0 Å². The minimum atomic E-state index is -2.63. The van der Waals surface area contributed by atoms with Crippen LogP contribution in [0.2, 0.25) is 5.02 Å². The van der Waals surface area contributed by atoms with E-state index in [1.54, 1.807) is 0 Å². The summed E-state index contributed by atoms with van der Waals surface area (Å²) in [6.45, 7) is -2.63. The molecule has 0 aromatic heterocycles. The summed E-state index contributed by atoms with van der Waals surface area (Å²) in [4.78, 5) is 0. The standard InChI is InChI=1S/C13H17Cl2OP/c14-13-9-5-4-6-11(13)10-17(15,16)12-7-2-1-3-8-12/h4-6,9,12H,1-3,7-8,10H2/t17-/m0/s1. The Morgan fingerprint density at radius 3 is 2.47 bits per heavy atom. The van der Waals surface area contributed by atoms with Crippen LogP contribution in [0.4, 0.5) is 0 Å². The highest BCUT2D eigenvalue weighted by Crippen LogP contribution is 2.62. The maximum atomic E-state index is 12.6.